The molecule has 0 amide bonds. The number of nitrogens with one attached hydrogen (secondary N) is 1. The van der Waals surface area contributed by atoms with E-state index in [0.717, 1.165) is 36.6 Å². The SMILES string of the molecule is COc1ccc2[nH]c(CN3CCC[C@@H](c4cnccn4)C3)cc2c1. The van der Waals surface area contributed by atoms with Crippen LogP contribution in [0.3, 0.4) is 0 Å². The Balaban J connectivity index is 1.48. The first kappa shape index (κ1) is 15.1. The number of fused-ring (bicyclic) bond motifs is 1. The van der Waals surface area contributed by atoms with E-state index in [1.807, 2.05) is 12.3 Å². The average molecular weight is 322 g/mol. The number of ether oxygens (including phenoxy) is 1. The molecule has 1 N–H and O–H groups in total. The molecular weight excluding hydrogens is 300 g/mol. The summed E-state index contributed by atoms with van der Waals surface area (Å²) in [6.45, 7) is 3.11. The maximum absolute atomic E-state index is 5.31. The van der Waals surface area contributed by atoms with Crippen molar-refractivity contribution in [1.29, 1.82) is 0 Å². The van der Waals surface area contributed by atoms with Crippen LogP contribution in [0.5, 0.6) is 5.75 Å². The van der Waals surface area contributed by atoms with Crippen LogP contribution in [0.25, 0.3) is 10.9 Å². The molecule has 3 heterocycles. The molecule has 3 aromatic rings. The molecule has 5 heteroatoms. The lowest BCUT2D eigenvalue weighted by molar-refractivity contribution is 0.196. The highest BCUT2D eigenvalue weighted by Crippen LogP contribution is 2.27. The summed E-state index contributed by atoms with van der Waals surface area (Å²) in [7, 11) is 1.70. The lowest BCUT2D eigenvalue weighted by atomic mass is 9.95. The van der Waals surface area contributed by atoms with E-state index in [-0.39, 0.29) is 0 Å². The van der Waals surface area contributed by atoms with Crippen molar-refractivity contribution in [2.45, 2.75) is 25.3 Å². The fourth-order valence-electron chi connectivity index (χ4n) is 3.59. The first-order chi connectivity index (χ1) is 11.8. The lowest BCUT2D eigenvalue weighted by Crippen LogP contribution is -2.34. The molecule has 0 aliphatic carbocycles. The number of benzene rings is 1. The van der Waals surface area contributed by atoms with Crippen LogP contribution >= 0.6 is 0 Å². The number of likely N-dealkylation sites (tertiary alicyclic amines) is 1. The van der Waals surface area contributed by atoms with Crippen LogP contribution in [0, 0.1) is 0 Å². The van der Waals surface area contributed by atoms with Crippen molar-refractivity contribution in [2.24, 2.45) is 0 Å². The third kappa shape index (κ3) is 3.12. The van der Waals surface area contributed by atoms with Gasteiger partial charge < -0.3 is 9.72 Å². The van der Waals surface area contributed by atoms with Crippen LogP contribution in [0.1, 0.15) is 30.1 Å². The van der Waals surface area contributed by atoms with Crippen LogP contribution in [0.15, 0.2) is 42.9 Å². The molecule has 2 aromatic heterocycles. The summed E-state index contributed by atoms with van der Waals surface area (Å²) in [5, 5.41) is 1.20. The number of piperidine rings is 1. The summed E-state index contributed by atoms with van der Waals surface area (Å²) in [4.78, 5) is 14.7. The number of H-pyrrole nitrogens is 1. The number of aromatic nitrogens is 3. The molecule has 5 nitrogen and oxygen atoms in total. The molecule has 24 heavy (non-hydrogen) atoms. The van der Waals surface area contributed by atoms with Crippen molar-refractivity contribution in [1.82, 2.24) is 19.9 Å². The lowest BCUT2D eigenvalue weighted by Gasteiger charge is -2.31. The Morgan fingerprint density at radius 2 is 2.25 bits per heavy atom. The van der Waals surface area contributed by atoms with Crippen LogP contribution in [0.4, 0.5) is 0 Å². The molecule has 0 radical (unpaired) electrons. The van der Waals surface area contributed by atoms with Gasteiger partial charge in [0.25, 0.3) is 0 Å². The first-order valence-corrected chi connectivity index (χ1v) is 8.46. The average Bonchev–Trinajstić information content (AvgIpc) is 3.04. The van der Waals surface area contributed by atoms with Crippen molar-refractivity contribution in [3.05, 3.63) is 54.2 Å². The Morgan fingerprint density at radius 3 is 3.08 bits per heavy atom. The summed E-state index contributed by atoms with van der Waals surface area (Å²) >= 11 is 0. The minimum Gasteiger partial charge on any atom is -0.497 e. The standard InChI is InChI=1S/C19H22N4O/c1-24-17-4-5-18-15(10-17)9-16(22-18)13-23-8-2-3-14(12-23)19-11-20-6-7-21-19/h4-7,9-11,14,22H,2-3,8,12-13H2,1H3/t14-/m1/s1. The van der Waals surface area contributed by atoms with E-state index in [4.69, 9.17) is 4.74 Å². The van der Waals surface area contributed by atoms with Gasteiger partial charge in [-0.2, -0.15) is 0 Å². The summed E-state index contributed by atoms with van der Waals surface area (Å²) in [5.41, 5.74) is 3.52. The van der Waals surface area contributed by atoms with Gasteiger partial charge in [-0.05, 0) is 43.7 Å². The van der Waals surface area contributed by atoms with E-state index >= 15 is 0 Å². The van der Waals surface area contributed by atoms with E-state index in [1.54, 1.807) is 19.5 Å². The van der Waals surface area contributed by atoms with E-state index < -0.39 is 0 Å². The summed E-state index contributed by atoms with van der Waals surface area (Å²) < 4.78 is 5.31. The van der Waals surface area contributed by atoms with E-state index in [9.17, 15) is 0 Å². The number of rotatable bonds is 4. The summed E-state index contributed by atoms with van der Waals surface area (Å²) in [6.07, 6.45) is 7.83. The molecule has 4 rings (SSSR count). The van der Waals surface area contributed by atoms with Crippen LogP contribution in [-0.2, 0) is 6.54 Å². The van der Waals surface area contributed by atoms with E-state index in [2.05, 4.69) is 38.1 Å². The zero-order valence-electron chi connectivity index (χ0n) is 13.9. The molecule has 1 atom stereocenters. The topological polar surface area (TPSA) is 54.0 Å². The highest BCUT2D eigenvalue weighted by atomic mass is 16.5. The second-order valence-electron chi connectivity index (χ2n) is 6.45. The van der Waals surface area contributed by atoms with Gasteiger partial charge in [0.05, 0.1) is 12.8 Å². The fourth-order valence-corrected chi connectivity index (χ4v) is 3.59. The fraction of sp³-hybridized carbons (Fsp3) is 0.368. The number of hydrogen-bond acceptors (Lipinski definition) is 4. The second kappa shape index (κ2) is 6.61. The van der Waals surface area contributed by atoms with Gasteiger partial charge in [-0.3, -0.25) is 14.9 Å². The third-order valence-corrected chi connectivity index (χ3v) is 4.78. The predicted octanol–water partition coefficient (Wildman–Crippen LogP) is 3.35. The molecule has 0 unspecified atom stereocenters. The Morgan fingerprint density at radius 1 is 1.29 bits per heavy atom. The van der Waals surface area contributed by atoms with Crippen LogP contribution in [-0.4, -0.2) is 40.1 Å². The molecule has 0 bridgehead atoms. The largest absolute Gasteiger partial charge is 0.497 e. The quantitative estimate of drug-likeness (QED) is 0.800. The van der Waals surface area contributed by atoms with Crippen molar-refractivity contribution in [2.75, 3.05) is 20.2 Å². The zero-order valence-corrected chi connectivity index (χ0v) is 13.9. The van der Waals surface area contributed by atoms with Crippen LogP contribution < -0.4 is 4.74 Å². The molecule has 1 saturated heterocycles. The Kier molecular flexibility index (Phi) is 4.17. The van der Waals surface area contributed by atoms with Crippen LogP contribution in [0.2, 0.25) is 0 Å². The summed E-state index contributed by atoms with van der Waals surface area (Å²) in [5.74, 6) is 1.38. The van der Waals surface area contributed by atoms with Gasteiger partial charge in [0, 0.05) is 54.2 Å². The molecule has 1 aliphatic heterocycles. The van der Waals surface area contributed by atoms with E-state index in [0.29, 0.717) is 5.92 Å². The summed E-state index contributed by atoms with van der Waals surface area (Å²) in [6, 6.07) is 8.38. The van der Waals surface area contributed by atoms with E-state index in [1.165, 1.54) is 23.9 Å². The van der Waals surface area contributed by atoms with Crippen molar-refractivity contribution in [3.63, 3.8) is 0 Å². The second-order valence-corrected chi connectivity index (χ2v) is 6.45. The first-order valence-electron chi connectivity index (χ1n) is 8.46. The predicted molar refractivity (Wildman–Crippen MR) is 94.1 cm³/mol. The van der Waals surface area contributed by atoms with Gasteiger partial charge in [-0.15, -0.1) is 0 Å². The zero-order chi connectivity index (χ0) is 16.4. The van der Waals surface area contributed by atoms with Gasteiger partial charge in [0.1, 0.15) is 5.75 Å². The number of aromatic amines is 1. The highest BCUT2D eigenvalue weighted by molar-refractivity contribution is 5.81. The smallest absolute Gasteiger partial charge is 0.119 e. The van der Waals surface area contributed by atoms with Gasteiger partial charge in [-0.25, -0.2) is 0 Å². The Labute approximate surface area is 141 Å². The maximum atomic E-state index is 5.31. The molecule has 0 saturated carbocycles. The highest BCUT2D eigenvalue weighted by Gasteiger charge is 2.22. The van der Waals surface area contributed by atoms with Crippen molar-refractivity contribution in [3.8, 4) is 5.75 Å². The van der Waals surface area contributed by atoms with Gasteiger partial charge in [0.15, 0.2) is 0 Å². The normalized spacial score (nSPS) is 18.8. The minimum absolute atomic E-state index is 0.483. The maximum Gasteiger partial charge on any atom is 0.119 e. The van der Waals surface area contributed by atoms with Crippen molar-refractivity contribution >= 4 is 10.9 Å². The monoisotopic (exact) mass is 322 g/mol. The van der Waals surface area contributed by atoms with Gasteiger partial charge in [-0.1, -0.05) is 0 Å². The van der Waals surface area contributed by atoms with Crippen molar-refractivity contribution < 1.29 is 4.74 Å². The Hall–Kier alpha value is -2.40. The molecule has 1 aliphatic rings. The molecular formula is C19H22N4O. The molecule has 1 fully saturated rings. The van der Waals surface area contributed by atoms with Gasteiger partial charge >= 0.3 is 0 Å². The number of hydrogen-bond donors (Lipinski definition) is 1. The Bertz CT molecular complexity index is 815. The van der Waals surface area contributed by atoms with Gasteiger partial charge in [0.2, 0.25) is 0 Å². The molecule has 124 valence electrons. The third-order valence-electron chi connectivity index (χ3n) is 4.78. The number of nitrogens with zero attached hydrogens (tertiary/aromatic N) is 3. The number of methoxy groups -OCH3 is 1. The minimum atomic E-state index is 0.483. The molecule has 1 aromatic carbocycles. The molecule has 0 spiro atoms.